The highest BCUT2D eigenvalue weighted by Crippen LogP contribution is 2.30. The van der Waals surface area contributed by atoms with E-state index in [4.69, 9.17) is 4.42 Å². The fraction of sp³-hybridized carbons (Fsp3) is 0.235. The second kappa shape index (κ2) is 5.59. The number of carbonyl (C=O) groups excluding carboxylic acids is 1. The highest BCUT2D eigenvalue weighted by atomic mass is 32.1. The summed E-state index contributed by atoms with van der Waals surface area (Å²) in [6.45, 7) is 3.65. The number of hydrogen-bond donors (Lipinski definition) is 2. The van der Waals surface area contributed by atoms with Gasteiger partial charge in [-0.15, -0.1) is 11.3 Å². The first-order valence-corrected chi connectivity index (χ1v) is 7.83. The van der Waals surface area contributed by atoms with Crippen molar-refractivity contribution in [3.63, 3.8) is 0 Å². The zero-order chi connectivity index (χ0) is 15.7. The van der Waals surface area contributed by atoms with Gasteiger partial charge in [0.2, 0.25) is 0 Å². The molecular weight excluding hydrogens is 298 g/mol. The summed E-state index contributed by atoms with van der Waals surface area (Å²) in [5.41, 5.74) is -0.264. The molecule has 1 unspecified atom stereocenters. The Morgan fingerprint density at radius 1 is 1.32 bits per heavy atom. The molecule has 2 aromatic heterocycles. The summed E-state index contributed by atoms with van der Waals surface area (Å²) in [5.74, 6) is 0.256. The molecule has 0 fully saturated rings. The highest BCUT2D eigenvalue weighted by Gasteiger charge is 2.27. The maximum Gasteiger partial charge on any atom is 0.261 e. The van der Waals surface area contributed by atoms with Gasteiger partial charge in [-0.2, -0.15) is 0 Å². The van der Waals surface area contributed by atoms with E-state index in [1.807, 2.05) is 31.2 Å². The van der Waals surface area contributed by atoms with Gasteiger partial charge in [0.25, 0.3) is 5.91 Å². The number of aryl methyl sites for hydroxylation is 1. The molecule has 0 spiro atoms. The Kier molecular flexibility index (Phi) is 3.76. The summed E-state index contributed by atoms with van der Waals surface area (Å²) >= 11 is 1.46. The van der Waals surface area contributed by atoms with Crippen LogP contribution in [0.4, 0.5) is 0 Å². The van der Waals surface area contributed by atoms with E-state index in [0.29, 0.717) is 10.6 Å². The van der Waals surface area contributed by atoms with Gasteiger partial charge in [0.15, 0.2) is 0 Å². The van der Waals surface area contributed by atoms with Crippen molar-refractivity contribution in [3.05, 3.63) is 58.9 Å². The number of carbonyl (C=O) groups is 1. The first-order valence-electron chi connectivity index (χ1n) is 7.02. The number of aliphatic hydroxyl groups is 1. The number of fused-ring (bicyclic) bond motifs is 1. The largest absolute Gasteiger partial charge is 0.466 e. The van der Waals surface area contributed by atoms with Crippen LogP contribution < -0.4 is 5.32 Å². The number of rotatable bonds is 4. The quantitative estimate of drug-likeness (QED) is 0.775. The van der Waals surface area contributed by atoms with Gasteiger partial charge in [0.05, 0.1) is 17.7 Å². The Morgan fingerprint density at radius 2 is 2.09 bits per heavy atom. The molecule has 1 amide bonds. The lowest BCUT2D eigenvalue weighted by molar-refractivity contribution is 0.0331. The summed E-state index contributed by atoms with van der Waals surface area (Å²) < 4.78 is 6.30. The van der Waals surface area contributed by atoms with E-state index >= 15 is 0 Å². The van der Waals surface area contributed by atoms with E-state index in [9.17, 15) is 9.90 Å². The predicted octanol–water partition coefficient (Wildman–Crippen LogP) is 3.44. The average molecular weight is 315 g/mol. The summed E-state index contributed by atoms with van der Waals surface area (Å²) in [6.07, 6.45) is 1.50. The Labute approximate surface area is 132 Å². The molecule has 4 nitrogen and oxygen atoms in total. The van der Waals surface area contributed by atoms with E-state index in [-0.39, 0.29) is 12.5 Å². The average Bonchev–Trinajstić information content (AvgIpc) is 3.14. The van der Waals surface area contributed by atoms with Gasteiger partial charge in [-0.3, -0.25) is 4.79 Å². The van der Waals surface area contributed by atoms with Crippen LogP contribution in [0.5, 0.6) is 0 Å². The van der Waals surface area contributed by atoms with E-state index in [1.165, 1.54) is 17.6 Å². The highest BCUT2D eigenvalue weighted by molar-refractivity contribution is 7.21. The van der Waals surface area contributed by atoms with Gasteiger partial charge in [-0.1, -0.05) is 18.2 Å². The number of benzene rings is 1. The molecule has 2 heterocycles. The topological polar surface area (TPSA) is 62.5 Å². The van der Waals surface area contributed by atoms with E-state index < -0.39 is 5.60 Å². The van der Waals surface area contributed by atoms with Gasteiger partial charge < -0.3 is 14.8 Å². The Balaban J connectivity index is 1.78. The standard InChI is InChI=1S/C17H17NO3S/c1-11-12-6-3-4-7-13(12)22-15(11)16(19)18-10-17(2,20)14-8-5-9-21-14/h3-9,20H,10H2,1-2H3,(H,18,19). The van der Waals surface area contributed by atoms with Crippen LogP contribution in [0.3, 0.4) is 0 Å². The monoisotopic (exact) mass is 315 g/mol. The third kappa shape index (κ3) is 2.65. The lowest BCUT2D eigenvalue weighted by Crippen LogP contribution is -2.38. The Hall–Kier alpha value is -2.11. The molecule has 0 radical (unpaired) electrons. The van der Waals surface area contributed by atoms with Gasteiger partial charge >= 0.3 is 0 Å². The summed E-state index contributed by atoms with van der Waals surface area (Å²) in [6, 6.07) is 11.3. The number of hydrogen-bond acceptors (Lipinski definition) is 4. The molecular formula is C17H17NO3S. The van der Waals surface area contributed by atoms with E-state index in [2.05, 4.69) is 5.32 Å². The molecule has 0 saturated carbocycles. The molecule has 0 aliphatic carbocycles. The van der Waals surface area contributed by atoms with Crippen LogP contribution in [0.15, 0.2) is 47.1 Å². The van der Waals surface area contributed by atoms with Crippen LogP contribution in [-0.2, 0) is 5.60 Å². The first kappa shape index (κ1) is 14.8. The summed E-state index contributed by atoms with van der Waals surface area (Å²) in [7, 11) is 0. The number of nitrogens with one attached hydrogen (secondary N) is 1. The Bertz CT molecular complexity index is 803. The fourth-order valence-corrected chi connectivity index (χ4v) is 3.52. The maximum atomic E-state index is 12.4. The van der Waals surface area contributed by atoms with Crippen molar-refractivity contribution in [2.75, 3.05) is 6.54 Å². The van der Waals surface area contributed by atoms with Crippen molar-refractivity contribution in [2.45, 2.75) is 19.4 Å². The zero-order valence-corrected chi connectivity index (χ0v) is 13.2. The van der Waals surface area contributed by atoms with Crippen molar-refractivity contribution in [1.82, 2.24) is 5.32 Å². The third-order valence-corrected chi connectivity index (χ3v) is 4.97. The SMILES string of the molecule is Cc1c(C(=O)NCC(C)(O)c2ccco2)sc2ccccc12. The molecule has 1 atom stereocenters. The lowest BCUT2D eigenvalue weighted by atomic mass is 10.0. The molecule has 2 N–H and O–H groups in total. The second-order valence-electron chi connectivity index (χ2n) is 5.49. The van der Waals surface area contributed by atoms with Gasteiger partial charge in [0, 0.05) is 4.70 Å². The van der Waals surface area contributed by atoms with Crippen molar-refractivity contribution < 1.29 is 14.3 Å². The minimum atomic E-state index is -1.23. The van der Waals surface area contributed by atoms with Gasteiger partial charge in [0.1, 0.15) is 11.4 Å². The minimum Gasteiger partial charge on any atom is -0.466 e. The van der Waals surface area contributed by atoms with Gasteiger partial charge in [-0.05, 0) is 43.0 Å². The van der Waals surface area contributed by atoms with Crippen LogP contribution in [0.1, 0.15) is 27.9 Å². The van der Waals surface area contributed by atoms with Crippen molar-refractivity contribution in [1.29, 1.82) is 0 Å². The van der Waals surface area contributed by atoms with Crippen LogP contribution in [-0.4, -0.2) is 17.6 Å². The van der Waals surface area contributed by atoms with Crippen LogP contribution in [0, 0.1) is 6.92 Å². The van der Waals surface area contributed by atoms with Gasteiger partial charge in [-0.25, -0.2) is 0 Å². The second-order valence-corrected chi connectivity index (χ2v) is 6.54. The number of amides is 1. The third-order valence-electron chi connectivity index (χ3n) is 3.70. The Morgan fingerprint density at radius 3 is 2.77 bits per heavy atom. The fourth-order valence-electron chi connectivity index (χ4n) is 2.40. The lowest BCUT2D eigenvalue weighted by Gasteiger charge is -2.21. The van der Waals surface area contributed by atoms with Crippen molar-refractivity contribution in [3.8, 4) is 0 Å². The smallest absolute Gasteiger partial charge is 0.261 e. The molecule has 0 aliphatic heterocycles. The normalized spacial score (nSPS) is 14.0. The zero-order valence-electron chi connectivity index (χ0n) is 12.4. The molecule has 3 aromatic rings. The van der Waals surface area contributed by atoms with E-state index in [1.54, 1.807) is 19.1 Å². The molecule has 0 aliphatic rings. The van der Waals surface area contributed by atoms with Crippen molar-refractivity contribution in [2.24, 2.45) is 0 Å². The maximum absolute atomic E-state index is 12.4. The van der Waals surface area contributed by atoms with Crippen molar-refractivity contribution >= 4 is 27.3 Å². The predicted molar refractivity (Wildman–Crippen MR) is 87.2 cm³/mol. The molecule has 114 valence electrons. The molecule has 3 rings (SSSR count). The number of thiophene rings is 1. The summed E-state index contributed by atoms with van der Waals surface area (Å²) in [4.78, 5) is 13.1. The molecule has 0 bridgehead atoms. The van der Waals surface area contributed by atoms with Crippen LogP contribution >= 0.6 is 11.3 Å². The molecule has 1 aromatic carbocycles. The molecule has 0 saturated heterocycles. The minimum absolute atomic E-state index is 0.0903. The molecule has 22 heavy (non-hydrogen) atoms. The van der Waals surface area contributed by atoms with E-state index in [0.717, 1.165) is 15.6 Å². The number of furan rings is 1. The van der Waals surface area contributed by atoms with Crippen LogP contribution in [0.2, 0.25) is 0 Å². The van der Waals surface area contributed by atoms with Crippen LogP contribution in [0.25, 0.3) is 10.1 Å². The summed E-state index contributed by atoms with van der Waals surface area (Å²) in [5, 5.41) is 14.3. The first-order chi connectivity index (χ1) is 10.5. The molecule has 5 heteroatoms.